The summed E-state index contributed by atoms with van der Waals surface area (Å²) in [6, 6.07) is 10.3. The number of rotatable bonds is 5. The third-order valence-electron chi connectivity index (χ3n) is 4.43. The number of ether oxygens (including phenoxy) is 4. The largest absolute Gasteiger partial charge is 0.493 e. The van der Waals surface area contributed by atoms with Crippen molar-refractivity contribution in [2.75, 3.05) is 28.4 Å². The van der Waals surface area contributed by atoms with Gasteiger partial charge in [0, 0.05) is 5.39 Å². The minimum Gasteiger partial charge on any atom is -0.493 e. The van der Waals surface area contributed by atoms with Crippen molar-refractivity contribution >= 4 is 21.5 Å². The summed E-state index contributed by atoms with van der Waals surface area (Å²) in [7, 11) is 6.62. The molecule has 0 spiro atoms. The van der Waals surface area contributed by atoms with Crippen molar-refractivity contribution in [2.24, 2.45) is 0 Å². The van der Waals surface area contributed by atoms with Crippen LogP contribution in [0.25, 0.3) is 21.5 Å². The molecule has 0 radical (unpaired) electrons. The molecule has 5 heteroatoms. The Bertz CT molecular complexity index is 906. The van der Waals surface area contributed by atoms with Crippen LogP contribution in [0.5, 0.6) is 23.0 Å². The zero-order valence-electron chi connectivity index (χ0n) is 15.4. The second-order valence-corrected chi connectivity index (χ2v) is 5.54. The Balaban J connectivity index is 0.00000169. The molecule has 0 unspecified atom stereocenters. The van der Waals surface area contributed by atoms with E-state index in [-0.39, 0.29) is 13.6 Å². The molecule has 3 aromatic carbocycles. The van der Waals surface area contributed by atoms with Gasteiger partial charge in [0.25, 0.3) is 0 Å². The number of aryl methyl sites for hydroxylation is 1. The van der Waals surface area contributed by atoms with Crippen molar-refractivity contribution in [3.05, 3.63) is 35.9 Å². The highest BCUT2D eigenvalue weighted by molar-refractivity contribution is 6.13. The van der Waals surface area contributed by atoms with E-state index in [4.69, 9.17) is 18.9 Å². The van der Waals surface area contributed by atoms with Gasteiger partial charge in [-0.15, -0.1) is 0 Å². The first kappa shape index (κ1) is 21.4. The highest BCUT2D eigenvalue weighted by Gasteiger charge is 2.17. The summed E-state index contributed by atoms with van der Waals surface area (Å²) in [5.74, 6) is 2.88. The standard InChI is InChI=1S/C20H22O4.CH4.H3N/c1-6-12-9-18(23-4)20(24-5)19-14(12)8-7-13-10-16(21-2)17(22-3)11-15(13)19;;/h7-11H,6H2,1-5H3;1H4;1H3. The second kappa shape index (κ2) is 8.63. The minimum atomic E-state index is 0. The third kappa shape index (κ3) is 3.22. The molecule has 142 valence electrons. The number of hydrogen-bond donors (Lipinski definition) is 1. The van der Waals surface area contributed by atoms with Crippen LogP contribution >= 0.6 is 0 Å². The van der Waals surface area contributed by atoms with E-state index in [1.165, 1.54) is 5.56 Å². The van der Waals surface area contributed by atoms with Gasteiger partial charge in [-0.25, -0.2) is 0 Å². The van der Waals surface area contributed by atoms with E-state index in [1.807, 2.05) is 18.2 Å². The van der Waals surface area contributed by atoms with Crippen LogP contribution in [0.2, 0.25) is 0 Å². The SMILES string of the molecule is C.CCc1cc(OC)c(OC)c2c1ccc1cc(OC)c(OC)cc12.N. The van der Waals surface area contributed by atoms with Gasteiger partial charge in [-0.2, -0.15) is 0 Å². The zero-order chi connectivity index (χ0) is 17.3. The summed E-state index contributed by atoms with van der Waals surface area (Å²) in [6.07, 6.45) is 0.912. The van der Waals surface area contributed by atoms with Gasteiger partial charge in [0.2, 0.25) is 0 Å². The summed E-state index contributed by atoms with van der Waals surface area (Å²) in [5.41, 5.74) is 1.22. The molecule has 3 N–H and O–H groups in total. The van der Waals surface area contributed by atoms with E-state index < -0.39 is 0 Å². The predicted molar refractivity (Wildman–Crippen MR) is 109 cm³/mol. The Morgan fingerprint density at radius 3 is 1.88 bits per heavy atom. The van der Waals surface area contributed by atoms with E-state index in [1.54, 1.807) is 28.4 Å². The highest BCUT2D eigenvalue weighted by Crippen LogP contribution is 2.44. The smallest absolute Gasteiger partial charge is 0.169 e. The minimum absolute atomic E-state index is 0. The van der Waals surface area contributed by atoms with Gasteiger partial charge in [-0.3, -0.25) is 0 Å². The molecule has 0 saturated carbocycles. The van der Waals surface area contributed by atoms with E-state index in [0.717, 1.165) is 39.5 Å². The van der Waals surface area contributed by atoms with Crippen molar-refractivity contribution in [2.45, 2.75) is 20.8 Å². The van der Waals surface area contributed by atoms with Gasteiger partial charge in [0.15, 0.2) is 23.0 Å². The van der Waals surface area contributed by atoms with E-state index in [0.29, 0.717) is 11.5 Å². The first-order chi connectivity index (χ1) is 11.7. The molecule has 26 heavy (non-hydrogen) atoms. The van der Waals surface area contributed by atoms with Crippen molar-refractivity contribution in [3.63, 3.8) is 0 Å². The normalized spacial score (nSPS) is 10.0. The van der Waals surface area contributed by atoms with Crippen molar-refractivity contribution in [1.29, 1.82) is 0 Å². The summed E-state index contributed by atoms with van der Waals surface area (Å²) in [6.45, 7) is 2.14. The molecular formula is C21H29NO4. The van der Waals surface area contributed by atoms with Crippen LogP contribution in [0.1, 0.15) is 19.9 Å². The highest BCUT2D eigenvalue weighted by atomic mass is 16.5. The molecule has 5 nitrogen and oxygen atoms in total. The predicted octanol–water partition coefficient (Wildman–Crippen LogP) is 5.39. The first-order valence-corrected chi connectivity index (χ1v) is 7.90. The molecule has 0 saturated heterocycles. The van der Waals surface area contributed by atoms with Crippen LogP contribution in [0.3, 0.4) is 0 Å². The lowest BCUT2D eigenvalue weighted by molar-refractivity contribution is 0.355. The Labute approximate surface area is 155 Å². The quantitative estimate of drug-likeness (QED) is 0.619. The van der Waals surface area contributed by atoms with E-state index >= 15 is 0 Å². The molecule has 0 heterocycles. The maximum absolute atomic E-state index is 5.69. The summed E-state index contributed by atoms with van der Waals surface area (Å²) >= 11 is 0. The van der Waals surface area contributed by atoms with Gasteiger partial charge < -0.3 is 25.1 Å². The van der Waals surface area contributed by atoms with Crippen molar-refractivity contribution in [3.8, 4) is 23.0 Å². The Hall–Kier alpha value is -2.66. The third-order valence-corrected chi connectivity index (χ3v) is 4.43. The lowest BCUT2D eigenvalue weighted by Crippen LogP contribution is -1.96. The van der Waals surface area contributed by atoms with Crippen LogP contribution < -0.4 is 25.1 Å². The second-order valence-electron chi connectivity index (χ2n) is 5.54. The number of methoxy groups -OCH3 is 4. The van der Waals surface area contributed by atoms with Crippen molar-refractivity contribution in [1.82, 2.24) is 6.15 Å². The summed E-state index contributed by atoms with van der Waals surface area (Å²) in [4.78, 5) is 0. The molecule has 0 fully saturated rings. The Morgan fingerprint density at radius 1 is 0.731 bits per heavy atom. The van der Waals surface area contributed by atoms with Crippen LogP contribution in [0.15, 0.2) is 30.3 Å². The lowest BCUT2D eigenvalue weighted by Gasteiger charge is -2.17. The maximum Gasteiger partial charge on any atom is 0.169 e. The summed E-state index contributed by atoms with van der Waals surface area (Å²) < 4.78 is 22.2. The lowest BCUT2D eigenvalue weighted by atomic mass is 9.95. The monoisotopic (exact) mass is 359 g/mol. The van der Waals surface area contributed by atoms with Crippen molar-refractivity contribution < 1.29 is 18.9 Å². The van der Waals surface area contributed by atoms with Gasteiger partial charge in [0.1, 0.15) is 0 Å². The topological polar surface area (TPSA) is 71.9 Å². The molecule has 0 amide bonds. The average molecular weight is 359 g/mol. The first-order valence-electron chi connectivity index (χ1n) is 7.90. The molecule has 0 aliphatic heterocycles. The van der Waals surface area contributed by atoms with Gasteiger partial charge in [0.05, 0.1) is 28.4 Å². The molecule has 3 aromatic rings. The molecule has 0 bridgehead atoms. The fourth-order valence-electron chi connectivity index (χ4n) is 3.23. The summed E-state index contributed by atoms with van der Waals surface area (Å²) in [5, 5.41) is 4.31. The molecular weight excluding hydrogens is 330 g/mol. The number of fused-ring (bicyclic) bond motifs is 3. The fraction of sp³-hybridized carbons (Fsp3) is 0.333. The average Bonchev–Trinajstić information content (AvgIpc) is 2.64. The number of hydrogen-bond acceptors (Lipinski definition) is 5. The van der Waals surface area contributed by atoms with Crippen LogP contribution in [0, 0.1) is 0 Å². The van der Waals surface area contributed by atoms with Crippen LogP contribution in [-0.2, 0) is 6.42 Å². The van der Waals surface area contributed by atoms with Gasteiger partial charge in [-0.1, -0.05) is 26.5 Å². The molecule has 0 atom stereocenters. The number of benzene rings is 3. The Morgan fingerprint density at radius 2 is 1.35 bits per heavy atom. The maximum atomic E-state index is 5.69. The zero-order valence-corrected chi connectivity index (χ0v) is 15.4. The van der Waals surface area contributed by atoms with E-state index in [2.05, 4.69) is 19.1 Å². The molecule has 0 aliphatic carbocycles. The molecule has 3 rings (SSSR count). The van der Waals surface area contributed by atoms with Gasteiger partial charge in [-0.05, 0) is 46.3 Å². The van der Waals surface area contributed by atoms with Crippen LogP contribution in [-0.4, -0.2) is 28.4 Å². The fourth-order valence-corrected chi connectivity index (χ4v) is 3.23. The molecule has 0 aromatic heterocycles. The van der Waals surface area contributed by atoms with Crippen LogP contribution in [0.4, 0.5) is 0 Å². The molecule has 0 aliphatic rings. The van der Waals surface area contributed by atoms with Gasteiger partial charge >= 0.3 is 0 Å². The Kier molecular flexibility index (Phi) is 7.10. The van der Waals surface area contributed by atoms with E-state index in [9.17, 15) is 0 Å².